The Morgan fingerprint density at radius 1 is 1.00 bits per heavy atom. The first-order valence-electron chi connectivity index (χ1n) is 9.25. The van der Waals surface area contributed by atoms with Gasteiger partial charge in [-0.05, 0) is 49.8 Å². The maximum atomic E-state index is 4.17. The van der Waals surface area contributed by atoms with Crippen LogP contribution in [0.4, 0.5) is 0 Å². The molecule has 1 heterocycles. The molecular weight excluding hydrogens is 290 g/mol. The number of hydrogen-bond acceptors (Lipinski definition) is 1. The molecule has 132 valence electrons. The Kier molecular flexibility index (Phi) is 13.5. The summed E-state index contributed by atoms with van der Waals surface area (Å²) in [6.07, 6.45) is 8.42. The summed E-state index contributed by atoms with van der Waals surface area (Å²) in [6, 6.07) is 14.5. The summed E-state index contributed by atoms with van der Waals surface area (Å²) in [4.78, 5) is 4.04. The Balaban J connectivity index is 0.000000488. The number of nitrogens with zero attached hydrogens (tertiary/aromatic N) is 1. The summed E-state index contributed by atoms with van der Waals surface area (Å²) >= 11 is 0. The lowest BCUT2D eigenvalue weighted by Crippen LogP contribution is -2.06. The van der Waals surface area contributed by atoms with Crippen LogP contribution in [0.25, 0.3) is 0 Å². The van der Waals surface area contributed by atoms with Crippen LogP contribution in [0.15, 0.2) is 67.0 Å². The molecule has 0 amide bonds. The average molecular weight is 326 g/mol. The molecule has 1 unspecified atom stereocenters. The number of pyridine rings is 1. The Bertz CT molecular complexity index is 516. The quantitative estimate of drug-likeness (QED) is 0.520. The lowest BCUT2D eigenvalue weighted by Gasteiger charge is -2.17. The maximum absolute atomic E-state index is 4.17. The molecule has 0 spiro atoms. The number of aromatic nitrogens is 1. The van der Waals surface area contributed by atoms with Crippen molar-refractivity contribution in [1.29, 1.82) is 0 Å². The SMILES string of the molecule is C=C(CC)C(CCC)Cc1ccncc1.CC.Cc1ccccc1. The zero-order valence-corrected chi connectivity index (χ0v) is 16.3. The van der Waals surface area contributed by atoms with E-state index in [-0.39, 0.29) is 0 Å². The second-order valence-electron chi connectivity index (χ2n) is 5.71. The highest BCUT2D eigenvalue weighted by Crippen LogP contribution is 2.22. The second-order valence-corrected chi connectivity index (χ2v) is 5.71. The van der Waals surface area contributed by atoms with Crippen LogP contribution in [0.3, 0.4) is 0 Å². The largest absolute Gasteiger partial charge is 0.265 e. The minimum atomic E-state index is 0.641. The van der Waals surface area contributed by atoms with Crippen LogP contribution >= 0.6 is 0 Å². The third kappa shape index (κ3) is 9.99. The second kappa shape index (κ2) is 14.7. The highest BCUT2D eigenvalue weighted by atomic mass is 14.6. The number of allylic oxidation sites excluding steroid dienone is 1. The van der Waals surface area contributed by atoms with Crippen molar-refractivity contribution in [3.63, 3.8) is 0 Å². The van der Waals surface area contributed by atoms with Crippen LogP contribution in [0, 0.1) is 12.8 Å². The Hall–Kier alpha value is -1.89. The first kappa shape index (κ1) is 22.1. The number of hydrogen-bond donors (Lipinski definition) is 0. The van der Waals surface area contributed by atoms with Crippen molar-refractivity contribution in [2.24, 2.45) is 5.92 Å². The lowest BCUT2D eigenvalue weighted by atomic mass is 9.88. The molecule has 24 heavy (non-hydrogen) atoms. The molecule has 2 rings (SSSR count). The van der Waals surface area contributed by atoms with E-state index in [1.165, 1.54) is 29.5 Å². The van der Waals surface area contributed by atoms with Crippen molar-refractivity contribution in [2.45, 2.75) is 60.3 Å². The van der Waals surface area contributed by atoms with Gasteiger partial charge in [0, 0.05) is 12.4 Å². The molecule has 1 aromatic carbocycles. The summed E-state index contributed by atoms with van der Waals surface area (Å²) in [6.45, 7) is 14.7. The monoisotopic (exact) mass is 325 g/mol. The summed E-state index contributed by atoms with van der Waals surface area (Å²) in [5.41, 5.74) is 4.08. The molecule has 1 atom stereocenters. The maximum Gasteiger partial charge on any atom is 0.0270 e. The van der Waals surface area contributed by atoms with Crippen LogP contribution < -0.4 is 0 Å². The van der Waals surface area contributed by atoms with Crippen molar-refractivity contribution in [3.05, 3.63) is 78.1 Å². The van der Waals surface area contributed by atoms with Crippen LogP contribution in [-0.2, 0) is 6.42 Å². The fraction of sp³-hybridized carbons (Fsp3) is 0.435. The molecule has 0 bridgehead atoms. The summed E-state index contributed by atoms with van der Waals surface area (Å²) in [5.74, 6) is 0.641. The smallest absolute Gasteiger partial charge is 0.0270 e. The molecule has 2 aromatic rings. The molecule has 0 aliphatic carbocycles. The fourth-order valence-electron chi connectivity index (χ4n) is 2.43. The first-order chi connectivity index (χ1) is 11.7. The summed E-state index contributed by atoms with van der Waals surface area (Å²) in [5, 5.41) is 0. The fourth-order valence-corrected chi connectivity index (χ4v) is 2.43. The topological polar surface area (TPSA) is 12.9 Å². The van der Waals surface area contributed by atoms with Crippen molar-refractivity contribution >= 4 is 0 Å². The van der Waals surface area contributed by atoms with E-state index < -0.39 is 0 Å². The van der Waals surface area contributed by atoms with E-state index in [0.29, 0.717) is 5.92 Å². The minimum absolute atomic E-state index is 0.641. The van der Waals surface area contributed by atoms with Crippen LogP contribution in [0.5, 0.6) is 0 Å². The average Bonchev–Trinajstić information content (AvgIpc) is 2.64. The van der Waals surface area contributed by atoms with Crippen molar-refractivity contribution < 1.29 is 0 Å². The van der Waals surface area contributed by atoms with Gasteiger partial charge in [-0.3, -0.25) is 4.98 Å². The number of rotatable bonds is 6. The van der Waals surface area contributed by atoms with Gasteiger partial charge in [-0.1, -0.05) is 82.2 Å². The summed E-state index contributed by atoms with van der Waals surface area (Å²) in [7, 11) is 0. The van der Waals surface area contributed by atoms with E-state index in [9.17, 15) is 0 Å². The number of benzene rings is 1. The van der Waals surface area contributed by atoms with Gasteiger partial charge >= 0.3 is 0 Å². The summed E-state index contributed by atoms with van der Waals surface area (Å²) < 4.78 is 0. The molecule has 0 saturated carbocycles. The molecule has 0 radical (unpaired) electrons. The van der Waals surface area contributed by atoms with E-state index in [1.54, 1.807) is 0 Å². The van der Waals surface area contributed by atoms with Gasteiger partial charge in [0.15, 0.2) is 0 Å². The normalized spacial score (nSPS) is 10.5. The van der Waals surface area contributed by atoms with Gasteiger partial charge in [0.1, 0.15) is 0 Å². The first-order valence-corrected chi connectivity index (χ1v) is 9.25. The Labute approximate surface area is 149 Å². The molecule has 0 aliphatic rings. The van der Waals surface area contributed by atoms with Crippen LogP contribution in [-0.4, -0.2) is 4.98 Å². The number of aryl methyl sites for hydroxylation is 1. The van der Waals surface area contributed by atoms with E-state index >= 15 is 0 Å². The van der Waals surface area contributed by atoms with Gasteiger partial charge in [0.2, 0.25) is 0 Å². The zero-order chi connectivity index (χ0) is 18.2. The van der Waals surface area contributed by atoms with Crippen molar-refractivity contribution in [3.8, 4) is 0 Å². The molecule has 0 aliphatic heterocycles. The van der Waals surface area contributed by atoms with E-state index in [1.807, 2.05) is 44.4 Å². The highest BCUT2D eigenvalue weighted by Gasteiger charge is 2.10. The van der Waals surface area contributed by atoms with Gasteiger partial charge in [0.25, 0.3) is 0 Å². The molecule has 0 N–H and O–H groups in total. The third-order valence-corrected chi connectivity index (χ3v) is 3.84. The van der Waals surface area contributed by atoms with E-state index in [0.717, 1.165) is 12.8 Å². The highest BCUT2D eigenvalue weighted by molar-refractivity contribution is 5.14. The van der Waals surface area contributed by atoms with Gasteiger partial charge in [-0.2, -0.15) is 0 Å². The van der Waals surface area contributed by atoms with Gasteiger partial charge in [-0.15, -0.1) is 0 Å². The molecule has 1 nitrogen and oxygen atoms in total. The van der Waals surface area contributed by atoms with Crippen LogP contribution in [0.2, 0.25) is 0 Å². The van der Waals surface area contributed by atoms with Gasteiger partial charge < -0.3 is 0 Å². The Morgan fingerprint density at radius 3 is 2.00 bits per heavy atom. The van der Waals surface area contributed by atoms with E-state index in [4.69, 9.17) is 0 Å². The van der Waals surface area contributed by atoms with Crippen molar-refractivity contribution in [1.82, 2.24) is 4.98 Å². The van der Waals surface area contributed by atoms with Gasteiger partial charge in [0.05, 0.1) is 0 Å². The van der Waals surface area contributed by atoms with Gasteiger partial charge in [-0.25, -0.2) is 0 Å². The molecule has 0 saturated heterocycles. The molecular formula is C23H35N. The molecule has 0 fully saturated rings. The third-order valence-electron chi connectivity index (χ3n) is 3.84. The molecule has 1 heteroatoms. The molecule has 1 aromatic heterocycles. The Morgan fingerprint density at radius 2 is 1.58 bits per heavy atom. The minimum Gasteiger partial charge on any atom is -0.265 e. The van der Waals surface area contributed by atoms with Crippen LogP contribution in [0.1, 0.15) is 58.1 Å². The zero-order valence-electron chi connectivity index (χ0n) is 16.3. The lowest BCUT2D eigenvalue weighted by molar-refractivity contribution is 0.536. The standard InChI is InChI=1S/C14H21N.C7H8.C2H6/c1-4-6-14(12(3)5-2)11-13-7-9-15-10-8-13;1-7-5-3-2-4-6-7;1-2/h7-10,14H,3-6,11H2,1-2H3;2-6H,1H3;1-2H3. The van der Waals surface area contributed by atoms with Crippen molar-refractivity contribution in [2.75, 3.05) is 0 Å². The predicted molar refractivity (Wildman–Crippen MR) is 108 cm³/mol. The predicted octanol–water partition coefficient (Wildman–Crippen LogP) is 7.03. The van der Waals surface area contributed by atoms with E-state index in [2.05, 4.69) is 56.6 Å².